The lowest BCUT2D eigenvalue weighted by atomic mass is 10.4. The smallest absolute Gasteiger partial charge is 0.303 e. The van der Waals surface area contributed by atoms with Crippen LogP contribution in [0.1, 0.15) is 0 Å². The maximum absolute atomic E-state index is 11.8. The number of aromatic nitrogens is 3. The molecule has 84 valence electrons. The van der Waals surface area contributed by atoms with E-state index in [9.17, 15) is 8.42 Å². The summed E-state index contributed by atoms with van der Waals surface area (Å²) in [6.07, 6.45) is 0. The zero-order valence-corrected chi connectivity index (χ0v) is 9.38. The van der Waals surface area contributed by atoms with Crippen molar-refractivity contribution >= 4 is 26.9 Å². The molecule has 1 saturated heterocycles. The monoisotopic (exact) mass is 250 g/mol. The highest BCUT2D eigenvalue weighted by Gasteiger charge is 2.24. The van der Waals surface area contributed by atoms with E-state index in [0.717, 1.165) is 11.5 Å². The molecular formula is C5H10N6O2S2. The predicted octanol–water partition coefficient (Wildman–Crippen LogP) is -1.50. The number of anilines is 1. The molecule has 1 aliphatic heterocycles. The van der Waals surface area contributed by atoms with Gasteiger partial charge in [0.2, 0.25) is 5.13 Å². The Balaban J connectivity index is 2.05. The summed E-state index contributed by atoms with van der Waals surface area (Å²) < 4.78 is 30.7. The van der Waals surface area contributed by atoms with E-state index in [2.05, 4.69) is 24.8 Å². The van der Waals surface area contributed by atoms with E-state index in [-0.39, 0.29) is 5.13 Å². The molecule has 0 radical (unpaired) electrons. The van der Waals surface area contributed by atoms with Crippen LogP contribution < -0.4 is 10.0 Å². The van der Waals surface area contributed by atoms with E-state index in [1.54, 1.807) is 0 Å². The number of piperazine rings is 1. The van der Waals surface area contributed by atoms with Gasteiger partial charge in [-0.05, 0) is 5.21 Å². The summed E-state index contributed by atoms with van der Waals surface area (Å²) in [5.74, 6) is 0. The topological polar surface area (TPSA) is 100 Å². The number of nitrogens with zero attached hydrogens (tertiary/aromatic N) is 4. The van der Waals surface area contributed by atoms with Crippen LogP contribution in [0.25, 0.3) is 0 Å². The van der Waals surface area contributed by atoms with Gasteiger partial charge >= 0.3 is 10.2 Å². The van der Waals surface area contributed by atoms with Crippen molar-refractivity contribution in [3.63, 3.8) is 0 Å². The molecule has 0 bridgehead atoms. The first-order valence-electron chi connectivity index (χ1n) is 4.32. The van der Waals surface area contributed by atoms with Crippen LogP contribution in [0.5, 0.6) is 0 Å². The second kappa shape index (κ2) is 4.35. The van der Waals surface area contributed by atoms with Gasteiger partial charge in [-0.1, -0.05) is 9.59 Å². The fourth-order valence-corrected chi connectivity index (χ4v) is 2.97. The first-order chi connectivity index (χ1) is 7.18. The van der Waals surface area contributed by atoms with Gasteiger partial charge in [0.25, 0.3) is 0 Å². The van der Waals surface area contributed by atoms with Crippen LogP contribution in [-0.2, 0) is 10.2 Å². The Morgan fingerprint density at radius 2 is 2.13 bits per heavy atom. The average molecular weight is 250 g/mol. The molecule has 10 heteroatoms. The first kappa shape index (κ1) is 10.7. The summed E-state index contributed by atoms with van der Waals surface area (Å²) in [5.41, 5.74) is 0. The van der Waals surface area contributed by atoms with Gasteiger partial charge in [0.15, 0.2) is 0 Å². The van der Waals surface area contributed by atoms with Gasteiger partial charge in [0.1, 0.15) is 0 Å². The molecule has 8 nitrogen and oxygen atoms in total. The maximum atomic E-state index is 11.8. The third-order valence-corrected chi connectivity index (χ3v) is 4.07. The zero-order chi connectivity index (χ0) is 10.7. The average Bonchev–Trinajstić information content (AvgIpc) is 2.71. The van der Waals surface area contributed by atoms with E-state index in [4.69, 9.17) is 0 Å². The molecule has 2 heterocycles. The highest BCUT2D eigenvalue weighted by molar-refractivity contribution is 7.90. The number of hydrogen-bond donors (Lipinski definition) is 2. The van der Waals surface area contributed by atoms with E-state index in [0.29, 0.717) is 26.2 Å². The van der Waals surface area contributed by atoms with Crippen molar-refractivity contribution in [2.75, 3.05) is 30.9 Å². The number of nitrogens with one attached hydrogen (secondary N) is 2. The van der Waals surface area contributed by atoms with Crippen molar-refractivity contribution in [3.05, 3.63) is 0 Å². The van der Waals surface area contributed by atoms with Crippen molar-refractivity contribution in [2.24, 2.45) is 0 Å². The van der Waals surface area contributed by atoms with Gasteiger partial charge in [0, 0.05) is 37.7 Å². The molecule has 0 unspecified atom stereocenters. The Labute approximate surface area is 91.0 Å². The van der Waals surface area contributed by atoms with Gasteiger partial charge in [-0.3, -0.25) is 0 Å². The van der Waals surface area contributed by atoms with Crippen molar-refractivity contribution in [2.45, 2.75) is 0 Å². The third-order valence-electron chi connectivity index (χ3n) is 1.93. The lowest BCUT2D eigenvalue weighted by molar-refractivity contribution is 0.362. The van der Waals surface area contributed by atoms with Crippen LogP contribution >= 0.6 is 11.5 Å². The summed E-state index contributed by atoms with van der Waals surface area (Å²) in [7, 11) is -3.50. The molecule has 0 spiro atoms. The Kier molecular flexibility index (Phi) is 3.09. The molecular weight excluding hydrogens is 240 g/mol. The summed E-state index contributed by atoms with van der Waals surface area (Å²) in [4.78, 5) is 0. The predicted molar refractivity (Wildman–Crippen MR) is 54.7 cm³/mol. The van der Waals surface area contributed by atoms with E-state index in [1.807, 2.05) is 0 Å². The van der Waals surface area contributed by atoms with Crippen LogP contribution in [0.4, 0.5) is 5.13 Å². The number of hydrogen-bond acceptors (Lipinski definition) is 7. The quantitative estimate of drug-likeness (QED) is 0.677. The third kappa shape index (κ3) is 2.59. The largest absolute Gasteiger partial charge is 0.314 e. The van der Waals surface area contributed by atoms with Gasteiger partial charge in [0.05, 0.1) is 0 Å². The molecule has 2 N–H and O–H groups in total. The van der Waals surface area contributed by atoms with E-state index in [1.165, 1.54) is 4.31 Å². The highest BCUT2D eigenvalue weighted by Crippen LogP contribution is 2.11. The van der Waals surface area contributed by atoms with Gasteiger partial charge in [-0.15, -0.1) is 0 Å². The van der Waals surface area contributed by atoms with Crippen molar-refractivity contribution in [1.82, 2.24) is 24.4 Å². The van der Waals surface area contributed by atoms with Crippen LogP contribution in [0.3, 0.4) is 0 Å². The van der Waals surface area contributed by atoms with E-state index >= 15 is 0 Å². The van der Waals surface area contributed by atoms with Crippen LogP contribution in [0.2, 0.25) is 0 Å². The van der Waals surface area contributed by atoms with Crippen molar-refractivity contribution < 1.29 is 8.42 Å². The molecule has 1 aromatic rings. The van der Waals surface area contributed by atoms with Crippen molar-refractivity contribution in [3.8, 4) is 0 Å². The zero-order valence-electron chi connectivity index (χ0n) is 7.75. The fraction of sp³-hybridized carbons (Fsp3) is 0.800. The number of rotatable bonds is 3. The minimum absolute atomic E-state index is 0.188. The normalized spacial score (nSPS) is 18.9. The van der Waals surface area contributed by atoms with Crippen LogP contribution in [0.15, 0.2) is 0 Å². The second-order valence-corrected chi connectivity index (χ2v) is 5.33. The summed E-state index contributed by atoms with van der Waals surface area (Å²) in [5, 5.41) is 10.1. The molecule has 2 rings (SSSR count). The molecule has 15 heavy (non-hydrogen) atoms. The summed E-state index contributed by atoms with van der Waals surface area (Å²) in [6, 6.07) is 0. The molecule has 1 fully saturated rings. The molecule has 0 saturated carbocycles. The van der Waals surface area contributed by atoms with Crippen LogP contribution in [-0.4, -0.2) is 53.7 Å². The summed E-state index contributed by atoms with van der Waals surface area (Å²) >= 11 is 0.909. The lowest BCUT2D eigenvalue weighted by Crippen LogP contribution is -2.48. The minimum atomic E-state index is -3.50. The summed E-state index contributed by atoms with van der Waals surface area (Å²) in [6.45, 7) is 2.24. The minimum Gasteiger partial charge on any atom is -0.314 e. The molecule has 1 aliphatic rings. The molecule has 0 amide bonds. The Bertz CT molecular complexity index is 397. The van der Waals surface area contributed by atoms with Crippen molar-refractivity contribution in [1.29, 1.82) is 0 Å². The second-order valence-electron chi connectivity index (χ2n) is 2.92. The van der Waals surface area contributed by atoms with Gasteiger partial charge in [-0.2, -0.15) is 12.7 Å². The van der Waals surface area contributed by atoms with Gasteiger partial charge < -0.3 is 5.32 Å². The Morgan fingerprint density at radius 1 is 1.40 bits per heavy atom. The van der Waals surface area contributed by atoms with E-state index < -0.39 is 10.2 Å². The standard InChI is InChI=1S/C5H10N6O2S2/c12-15(13,8-5-7-9-10-14-5)11-3-1-6-2-4-11/h6H,1-4H2,(H,7,8,10). The highest BCUT2D eigenvalue weighted by atomic mass is 32.2. The lowest BCUT2D eigenvalue weighted by Gasteiger charge is -2.25. The SMILES string of the molecule is O=S(=O)(Nc1nnns1)N1CCNCC1. The Hall–Kier alpha value is -0.840. The fourth-order valence-electron chi connectivity index (χ4n) is 1.23. The molecule has 1 aromatic heterocycles. The van der Waals surface area contributed by atoms with Gasteiger partial charge in [-0.25, -0.2) is 4.72 Å². The maximum Gasteiger partial charge on any atom is 0.303 e. The first-order valence-corrected chi connectivity index (χ1v) is 6.53. The molecule has 0 aromatic carbocycles. The van der Waals surface area contributed by atoms with Crippen LogP contribution in [0, 0.1) is 0 Å². The molecule has 0 aliphatic carbocycles. The molecule has 0 atom stereocenters. The Morgan fingerprint density at radius 3 is 2.73 bits per heavy atom.